The SMILES string of the molecule is CNC(=O)c1cnc(Nc2cccc(NC(=O)COC)c2)nc1NCc1ccccc1. The van der Waals surface area contributed by atoms with E-state index in [0.717, 1.165) is 5.56 Å². The third kappa shape index (κ3) is 6.25. The summed E-state index contributed by atoms with van der Waals surface area (Å²) in [5, 5.41) is 11.6. The fourth-order valence-electron chi connectivity index (χ4n) is 2.79. The van der Waals surface area contributed by atoms with E-state index in [1.807, 2.05) is 36.4 Å². The topological polar surface area (TPSA) is 117 Å². The van der Waals surface area contributed by atoms with E-state index in [0.29, 0.717) is 35.2 Å². The van der Waals surface area contributed by atoms with Crippen molar-refractivity contribution in [3.05, 3.63) is 71.9 Å². The maximum absolute atomic E-state index is 12.2. The summed E-state index contributed by atoms with van der Waals surface area (Å²) in [7, 11) is 3.01. The van der Waals surface area contributed by atoms with Crippen LogP contribution in [0.15, 0.2) is 60.8 Å². The summed E-state index contributed by atoms with van der Waals surface area (Å²) in [4.78, 5) is 32.7. The number of carbonyl (C=O) groups excluding carboxylic acids is 2. The monoisotopic (exact) mass is 420 g/mol. The number of anilines is 4. The smallest absolute Gasteiger partial charge is 0.256 e. The summed E-state index contributed by atoms with van der Waals surface area (Å²) in [6, 6.07) is 16.9. The predicted octanol–water partition coefficient (Wildman–Crippen LogP) is 2.78. The summed E-state index contributed by atoms with van der Waals surface area (Å²) in [5.41, 5.74) is 2.68. The van der Waals surface area contributed by atoms with Gasteiger partial charge in [0.1, 0.15) is 18.0 Å². The molecule has 0 aliphatic rings. The Labute approximate surface area is 180 Å². The molecule has 4 N–H and O–H groups in total. The van der Waals surface area contributed by atoms with Crippen molar-refractivity contribution >= 4 is 35.0 Å². The highest BCUT2D eigenvalue weighted by atomic mass is 16.5. The van der Waals surface area contributed by atoms with Gasteiger partial charge in [-0.15, -0.1) is 0 Å². The van der Waals surface area contributed by atoms with Gasteiger partial charge in [-0.3, -0.25) is 9.59 Å². The molecule has 1 heterocycles. The van der Waals surface area contributed by atoms with E-state index in [4.69, 9.17) is 4.74 Å². The number of rotatable bonds is 9. The lowest BCUT2D eigenvalue weighted by molar-refractivity contribution is -0.119. The van der Waals surface area contributed by atoms with Gasteiger partial charge in [0.05, 0.1) is 0 Å². The molecule has 1 aromatic heterocycles. The zero-order valence-corrected chi connectivity index (χ0v) is 17.3. The molecule has 31 heavy (non-hydrogen) atoms. The lowest BCUT2D eigenvalue weighted by Gasteiger charge is -2.13. The van der Waals surface area contributed by atoms with E-state index in [1.54, 1.807) is 25.2 Å². The van der Waals surface area contributed by atoms with Gasteiger partial charge in [-0.05, 0) is 23.8 Å². The standard InChI is InChI=1S/C22H24N6O3/c1-23-21(30)18-13-25-22(28-20(18)24-12-15-7-4-3-5-8-15)27-17-10-6-9-16(11-17)26-19(29)14-31-2/h3-11,13H,12,14H2,1-2H3,(H,23,30)(H,26,29)(H2,24,25,27,28). The van der Waals surface area contributed by atoms with Crippen LogP contribution in [-0.2, 0) is 16.1 Å². The maximum atomic E-state index is 12.2. The van der Waals surface area contributed by atoms with Gasteiger partial charge < -0.3 is 26.0 Å². The van der Waals surface area contributed by atoms with E-state index >= 15 is 0 Å². The molecule has 160 valence electrons. The van der Waals surface area contributed by atoms with Crippen molar-refractivity contribution in [3.8, 4) is 0 Å². The first-order valence-corrected chi connectivity index (χ1v) is 9.62. The van der Waals surface area contributed by atoms with Crippen LogP contribution >= 0.6 is 0 Å². The van der Waals surface area contributed by atoms with Crippen molar-refractivity contribution in [1.82, 2.24) is 15.3 Å². The van der Waals surface area contributed by atoms with Gasteiger partial charge in [-0.25, -0.2) is 4.98 Å². The Balaban J connectivity index is 1.78. The number of amides is 2. The van der Waals surface area contributed by atoms with Crippen LogP contribution < -0.4 is 21.3 Å². The summed E-state index contributed by atoms with van der Waals surface area (Å²) in [6.07, 6.45) is 1.46. The molecule has 0 spiro atoms. The Kier molecular flexibility index (Phi) is 7.50. The highest BCUT2D eigenvalue weighted by Crippen LogP contribution is 2.21. The van der Waals surface area contributed by atoms with E-state index in [1.165, 1.54) is 13.3 Å². The second-order valence-corrected chi connectivity index (χ2v) is 6.56. The van der Waals surface area contributed by atoms with Gasteiger partial charge in [0, 0.05) is 38.3 Å². The van der Waals surface area contributed by atoms with Gasteiger partial charge in [0.25, 0.3) is 5.91 Å². The van der Waals surface area contributed by atoms with Crippen LogP contribution in [-0.4, -0.2) is 42.5 Å². The van der Waals surface area contributed by atoms with Crippen LogP contribution in [0.1, 0.15) is 15.9 Å². The first-order chi connectivity index (χ1) is 15.1. The van der Waals surface area contributed by atoms with Crippen molar-refractivity contribution in [2.75, 3.05) is 36.7 Å². The van der Waals surface area contributed by atoms with Gasteiger partial charge >= 0.3 is 0 Å². The van der Waals surface area contributed by atoms with Crippen LogP contribution in [0.4, 0.5) is 23.1 Å². The number of aromatic nitrogens is 2. The van der Waals surface area contributed by atoms with Crippen LogP contribution in [0.3, 0.4) is 0 Å². The number of hydrogen-bond donors (Lipinski definition) is 4. The zero-order valence-electron chi connectivity index (χ0n) is 17.3. The number of ether oxygens (including phenoxy) is 1. The predicted molar refractivity (Wildman–Crippen MR) is 119 cm³/mol. The zero-order chi connectivity index (χ0) is 22.1. The van der Waals surface area contributed by atoms with Crippen LogP contribution in [0, 0.1) is 0 Å². The second-order valence-electron chi connectivity index (χ2n) is 6.56. The second kappa shape index (κ2) is 10.7. The molecule has 0 aliphatic heterocycles. The van der Waals surface area contributed by atoms with Gasteiger partial charge in [-0.1, -0.05) is 36.4 Å². The Hall–Kier alpha value is -3.98. The molecule has 2 aromatic carbocycles. The molecule has 9 nitrogen and oxygen atoms in total. The molecule has 0 saturated carbocycles. The Morgan fingerprint density at radius 2 is 1.81 bits per heavy atom. The maximum Gasteiger partial charge on any atom is 0.256 e. The molecule has 0 fully saturated rings. The number of carbonyl (C=O) groups is 2. The van der Waals surface area contributed by atoms with Crippen molar-refractivity contribution in [1.29, 1.82) is 0 Å². The largest absolute Gasteiger partial charge is 0.375 e. The number of nitrogens with zero attached hydrogens (tertiary/aromatic N) is 2. The number of methoxy groups -OCH3 is 1. The minimum absolute atomic E-state index is 0.0296. The Bertz CT molecular complexity index is 1040. The number of benzene rings is 2. The van der Waals surface area contributed by atoms with Gasteiger partial charge in [0.15, 0.2) is 0 Å². The summed E-state index contributed by atoms with van der Waals surface area (Å²) in [6.45, 7) is 0.473. The molecule has 0 radical (unpaired) electrons. The third-order valence-electron chi connectivity index (χ3n) is 4.24. The van der Waals surface area contributed by atoms with Crippen molar-refractivity contribution < 1.29 is 14.3 Å². The Morgan fingerprint density at radius 1 is 1.03 bits per heavy atom. The molecular formula is C22H24N6O3. The van der Waals surface area contributed by atoms with Crippen LogP contribution in [0.2, 0.25) is 0 Å². The Morgan fingerprint density at radius 3 is 2.55 bits per heavy atom. The molecular weight excluding hydrogens is 396 g/mol. The number of hydrogen-bond acceptors (Lipinski definition) is 7. The van der Waals surface area contributed by atoms with E-state index in [2.05, 4.69) is 31.2 Å². The average Bonchev–Trinajstić information content (AvgIpc) is 2.78. The van der Waals surface area contributed by atoms with E-state index < -0.39 is 0 Å². The van der Waals surface area contributed by atoms with E-state index in [-0.39, 0.29) is 18.4 Å². The van der Waals surface area contributed by atoms with E-state index in [9.17, 15) is 9.59 Å². The molecule has 0 unspecified atom stereocenters. The lowest BCUT2D eigenvalue weighted by atomic mass is 10.2. The molecule has 2 amide bonds. The molecule has 3 rings (SSSR count). The quantitative estimate of drug-likeness (QED) is 0.420. The molecule has 0 aliphatic carbocycles. The summed E-state index contributed by atoms with van der Waals surface area (Å²) >= 11 is 0. The highest BCUT2D eigenvalue weighted by Gasteiger charge is 2.14. The van der Waals surface area contributed by atoms with Crippen molar-refractivity contribution in [3.63, 3.8) is 0 Å². The normalized spacial score (nSPS) is 10.3. The van der Waals surface area contributed by atoms with Crippen LogP contribution in [0.5, 0.6) is 0 Å². The fourth-order valence-corrected chi connectivity index (χ4v) is 2.79. The third-order valence-corrected chi connectivity index (χ3v) is 4.24. The molecule has 3 aromatic rings. The minimum atomic E-state index is -0.287. The average molecular weight is 420 g/mol. The highest BCUT2D eigenvalue weighted by molar-refractivity contribution is 5.98. The first kappa shape index (κ1) is 21.7. The van der Waals surface area contributed by atoms with Crippen molar-refractivity contribution in [2.45, 2.75) is 6.54 Å². The lowest BCUT2D eigenvalue weighted by Crippen LogP contribution is -2.21. The molecule has 0 saturated heterocycles. The summed E-state index contributed by atoms with van der Waals surface area (Å²) in [5.74, 6) is 0.178. The summed E-state index contributed by atoms with van der Waals surface area (Å²) < 4.78 is 4.82. The molecule has 9 heteroatoms. The van der Waals surface area contributed by atoms with Gasteiger partial charge in [0.2, 0.25) is 11.9 Å². The minimum Gasteiger partial charge on any atom is -0.375 e. The number of nitrogens with one attached hydrogen (secondary N) is 4. The van der Waals surface area contributed by atoms with Gasteiger partial charge in [-0.2, -0.15) is 4.98 Å². The fraction of sp³-hybridized carbons (Fsp3) is 0.182. The first-order valence-electron chi connectivity index (χ1n) is 9.62. The van der Waals surface area contributed by atoms with Crippen molar-refractivity contribution in [2.24, 2.45) is 0 Å². The molecule has 0 bridgehead atoms. The molecule has 0 atom stereocenters. The van der Waals surface area contributed by atoms with Crippen LogP contribution in [0.25, 0.3) is 0 Å².